The van der Waals surface area contributed by atoms with Gasteiger partial charge in [0.25, 0.3) is 0 Å². The molecule has 1 aliphatic rings. The molecule has 0 fully saturated rings. The summed E-state index contributed by atoms with van der Waals surface area (Å²) in [6.07, 6.45) is 0. The van der Waals surface area contributed by atoms with Gasteiger partial charge in [-0.1, -0.05) is 167 Å². The fourth-order valence-corrected chi connectivity index (χ4v) is 15.6. The molecular formula is C82H72N2. The number of fused-ring (bicyclic) bond motifs is 6. The Kier molecular flexibility index (Phi) is 13.2. The summed E-state index contributed by atoms with van der Waals surface area (Å²) in [5.74, 6) is -0.180. The molecule has 0 aliphatic heterocycles. The third-order valence-electron chi connectivity index (χ3n) is 18.2. The average molecular weight is 1090 g/mol. The zero-order valence-electron chi connectivity index (χ0n) is 51.2. The van der Waals surface area contributed by atoms with E-state index in [4.69, 9.17) is 0 Å². The van der Waals surface area contributed by atoms with Crippen LogP contribution in [0.1, 0.15) is 100 Å². The molecule has 1 heterocycles. The van der Waals surface area contributed by atoms with E-state index in [1.54, 1.807) is 0 Å². The van der Waals surface area contributed by atoms with Crippen molar-refractivity contribution in [1.29, 1.82) is 0 Å². The molecule has 0 saturated heterocycles. The van der Waals surface area contributed by atoms with Crippen molar-refractivity contribution in [2.24, 2.45) is 0 Å². The molecule has 84 heavy (non-hydrogen) atoms. The van der Waals surface area contributed by atoms with Gasteiger partial charge in [-0.25, -0.2) is 4.85 Å². The minimum Gasteiger partial charge on any atom is -0.309 e. The molecule has 12 aromatic rings. The molecule has 2 heteroatoms. The SMILES string of the molecule is [C-]#[N+]c1cccc(C2c3ccc(-c4c(C)cc(C)cc4C)cc3-c3cc(-c4c(C)cc(C)cc4C)ccc32)c1-c1c(-c2cc(C)cc(C)c2)cccc1-n1c2ccc(-c3c(C)cc(C)cc3C)cc2c2cc(-c3c(C)cc(C)cc3C)ccc21. The topological polar surface area (TPSA) is 9.29 Å². The molecule has 0 bridgehead atoms. The van der Waals surface area contributed by atoms with E-state index in [-0.39, 0.29) is 5.92 Å². The van der Waals surface area contributed by atoms with Crippen LogP contribution in [0, 0.1) is 104 Å². The number of benzene rings is 11. The Hall–Kier alpha value is -9.29. The van der Waals surface area contributed by atoms with E-state index in [1.165, 1.54) is 155 Å². The first kappa shape index (κ1) is 54.0. The Morgan fingerprint density at radius 1 is 0.298 bits per heavy atom. The quantitative estimate of drug-likeness (QED) is 0.134. The lowest BCUT2D eigenvalue weighted by Crippen LogP contribution is -2.06. The maximum absolute atomic E-state index is 9.22. The molecule has 11 aromatic carbocycles. The fraction of sp³-hybridized carbons (Fsp3) is 0.183. The monoisotopic (exact) mass is 1080 g/mol. The Balaban J connectivity index is 1.13. The van der Waals surface area contributed by atoms with Crippen molar-refractivity contribution in [1.82, 2.24) is 4.57 Å². The second-order valence-electron chi connectivity index (χ2n) is 24.9. The molecule has 0 amide bonds. The molecule has 0 atom stereocenters. The standard InChI is InChI=1S/C82H72N2/c1-45-30-46(2)40-63(39-45)64-18-17-21-75(84-73-28-24-61(78-55(11)35-49(5)36-56(78)12)43-70(73)71-44-62(25-29-74(71)84)79-57(13)37-50(6)38-58(79)14)82(64)81-67(19-16-20-72(81)83-15)80-65-26-22-59(76-51(7)31-47(3)32-52(76)8)41-68(65)69-42-60(23-27-66(69)80)77-53(9)33-48(4)34-54(77)10/h16-44,80H,1-14H3. The van der Waals surface area contributed by atoms with Gasteiger partial charge in [-0.05, 0) is 273 Å². The highest BCUT2D eigenvalue weighted by atomic mass is 15.0. The number of hydrogen-bond acceptors (Lipinski definition) is 0. The van der Waals surface area contributed by atoms with Crippen LogP contribution in [0.3, 0.4) is 0 Å². The van der Waals surface area contributed by atoms with Crippen LogP contribution in [0.4, 0.5) is 5.69 Å². The Morgan fingerprint density at radius 2 is 0.667 bits per heavy atom. The van der Waals surface area contributed by atoms with E-state index < -0.39 is 0 Å². The van der Waals surface area contributed by atoms with Gasteiger partial charge in [-0.3, -0.25) is 0 Å². The van der Waals surface area contributed by atoms with Gasteiger partial charge in [0.2, 0.25) is 0 Å². The van der Waals surface area contributed by atoms with Crippen LogP contribution in [0.25, 0.3) is 110 Å². The summed E-state index contributed by atoms with van der Waals surface area (Å²) in [5.41, 5.74) is 41.9. The first-order chi connectivity index (χ1) is 40.3. The zero-order chi connectivity index (χ0) is 58.7. The van der Waals surface area contributed by atoms with Crippen molar-refractivity contribution in [3.05, 3.63) is 282 Å². The second kappa shape index (κ2) is 20.5. The third kappa shape index (κ3) is 8.92. The van der Waals surface area contributed by atoms with Gasteiger partial charge in [-0.2, -0.15) is 0 Å². The van der Waals surface area contributed by atoms with Crippen LogP contribution in [-0.2, 0) is 0 Å². The van der Waals surface area contributed by atoms with E-state index >= 15 is 0 Å². The molecule has 13 rings (SSSR count). The van der Waals surface area contributed by atoms with Crippen molar-refractivity contribution >= 4 is 27.5 Å². The minimum atomic E-state index is -0.180. The molecule has 1 aliphatic carbocycles. The summed E-state index contributed by atoms with van der Waals surface area (Å²) in [7, 11) is 0. The fourth-order valence-electron chi connectivity index (χ4n) is 15.6. The second-order valence-corrected chi connectivity index (χ2v) is 24.9. The van der Waals surface area contributed by atoms with E-state index in [2.05, 4.69) is 276 Å². The Morgan fingerprint density at radius 3 is 1.07 bits per heavy atom. The highest BCUT2D eigenvalue weighted by molar-refractivity contribution is 6.13. The zero-order valence-corrected chi connectivity index (χ0v) is 51.2. The predicted molar refractivity (Wildman–Crippen MR) is 359 cm³/mol. The summed E-state index contributed by atoms with van der Waals surface area (Å²) in [6.45, 7) is 40.4. The number of aryl methyl sites for hydroxylation is 14. The van der Waals surface area contributed by atoms with Crippen LogP contribution in [0.2, 0.25) is 0 Å². The van der Waals surface area contributed by atoms with Gasteiger partial charge >= 0.3 is 0 Å². The first-order valence-electron chi connectivity index (χ1n) is 29.8. The molecule has 0 saturated carbocycles. The maximum atomic E-state index is 9.22. The van der Waals surface area contributed by atoms with Crippen LogP contribution >= 0.6 is 0 Å². The number of nitrogens with zero attached hydrogens (tertiary/aromatic N) is 2. The van der Waals surface area contributed by atoms with E-state index in [9.17, 15) is 6.57 Å². The Labute approximate surface area is 497 Å². The van der Waals surface area contributed by atoms with Crippen molar-refractivity contribution in [3.8, 4) is 83.6 Å². The lowest BCUT2D eigenvalue weighted by Gasteiger charge is -2.25. The van der Waals surface area contributed by atoms with Crippen LogP contribution < -0.4 is 0 Å². The van der Waals surface area contributed by atoms with E-state index in [0.29, 0.717) is 5.69 Å². The summed E-state index contributed by atoms with van der Waals surface area (Å²) < 4.78 is 2.52. The Bertz CT molecular complexity index is 4490. The molecule has 2 nitrogen and oxygen atoms in total. The average Bonchev–Trinajstić information content (AvgIpc) is 1.65. The lowest BCUT2D eigenvalue weighted by atomic mass is 9.80. The smallest absolute Gasteiger partial charge is 0.195 e. The predicted octanol–water partition coefficient (Wildman–Crippen LogP) is 22.8. The normalized spacial score (nSPS) is 12.1. The van der Waals surface area contributed by atoms with Crippen LogP contribution in [0.5, 0.6) is 0 Å². The van der Waals surface area contributed by atoms with Gasteiger partial charge in [0.05, 0.1) is 23.3 Å². The summed E-state index contributed by atoms with van der Waals surface area (Å²) >= 11 is 0. The van der Waals surface area contributed by atoms with Gasteiger partial charge in [0, 0.05) is 22.3 Å². The molecule has 0 spiro atoms. The van der Waals surface area contributed by atoms with E-state index in [0.717, 1.165) is 44.5 Å². The lowest BCUT2D eigenvalue weighted by molar-refractivity contribution is 1.02. The maximum Gasteiger partial charge on any atom is 0.195 e. The van der Waals surface area contributed by atoms with Crippen molar-refractivity contribution in [2.75, 3.05) is 0 Å². The van der Waals surface area contributed by atoms with Gasteiger partial charge in [-0.15, -0.1) is 0 Å². The molecule has 0 N–H and O–H groups in total. The molecule has 1 aromatic heterocycles. The molecule has 410 valence electrons. The number of rotatable bonds is 8. The number of aromatic nitrogens is 1. The third-order valence-corrected chi connectivity index (χ3v) is 18.2. The first-order valence-corrected chi connectivity index (χ1v) is 29.8. The van der Waals surface area contributed by atoms with Crippen molar-refractivity contribution in [3.63, 3.8) is 0 Å². The molecule has 0 radical (unpaired) electrons. The van der Waals surface area contributed by atoms with E-state index in [1.807, 2.05) is 6.07 Å². The van der Waals surface area contributed by atoms with Crippen LogP contribution in [-0.4, -0.2) is 4.57 Å². The van der Waals surface area contributed by atoms with Gasteiger partial charge < -0.3 is 4.57 Å². The minimum absolute atomic E-state index is 0.180. The summed E-state index contributed by atoms with van der Waals surface area (Å²) in [6, 6.07) is 67.4. The summed E-state index contributed by atoms with van der Waals surface area (Å²) in [5, 5.41) is 2.38. The van der Waals surface area contributed by atoms with Crippen molar-refractivity contribution in [2.45, 2.75) is 103 Å². The number of hydrogen-bond donors (Lipinski definition) is 0. The van der Waals surface area contributed by atoms with Crippen LogP contribution in [0.15, 0.2) is 176 Å². The molecule has 0 unspecified atom stereocenters. The molecular weight excluding hydrogens is 1010 g/mol. The summed E-state index contributed by atoms with van der Waals surface area (Å²) in [4.78, 5) is 4.54. The van der Waals surface area contributed by atoms with Gasteiger partial charge in [0.1, 0.15) is 0 Å². The van der Waals surface area contributed by atoms with Gasteiger partial charge in [0.15, 0.2) is 5.69 Å². The highest BCUT2D eigenvalue weighted by Gasteiger charge is 2.35. The van der Waals surface area contributed by atoms with Crippen molar-refractivity contribution < 1.29 is 0 Å². The highest BCUT2D eigenvalue weighted by Crippen LogP contribution is 2.56. The largest absolute Gasteiger partial charge is 0.309 e.